The van der Waals surface area contributed by atoms with Crippen molar-refractivity contribution < 1.29 is 9.47 Å². The first-order chi connectivity index (χ1) is 15.3. The lowest BCUT2D eigenvalue weighted by atomic mass is 9.99. The van der Waals surface area contributed by atoms with Gasteiger partial charge in [-0.05, 0) is 47.7 Å². The van der Waals surface area contributed by atoms with E-state index >= 15 is 0 Å². The number of methoxy groups -OCH3 is 2. The van der Waals surface area contributed by atoms with E-state index in [-0.39, 0.29) is 16.9 Å². The van der Waals surface area contributed by atoms with Crippen LogP contribution in [0.3, 0.4) is 0 Å². The second-order valence-electron chi connectivity index (χ2n) is 7.90. The number of nitrogens with one attached hydrogen (secondary N) is 1. The predicted molar refractivity (Wildman–Crippen MR) is 128 cm³/mol. The zero-order valence-electron chi connectivity index (χ0n) is 19.1. The number of fused-ring (bicyclic) bond motifs is 2. The van der Waals surface area contributed by atoms with Gasteiger partial charge in [0.1, 0.15) is 11.5 Å². The number of hydrogen-bond acceptors (Lipinski definition) is 6. The zero-order valence-corrected chi connectivity index (χ0v) is 19.8. The smallest absolute Gasteiger partial charge is 0.345 e. The third kappa shape index (κ3) is 4.83. The quantitative estimate of drug-likeness (QED) is 0.411. The molecule has 2 aromatic carbocycles. The summed E-state index contributed by atoms with van der Waals surface area (Å²) >= 11 is 5.83. The van der Waals surface area contributed by atoms with Crippen molar-refractivity contribution in [1.29, 1.82) is 0 Å². The predicted octanol–water partition coefficient (Wildman–Crippen LogP) is 5.47. The molecule has 32 heavy (non-hydrogen) atoms. The van der Waals surface area contributed by atoms with Gasteiger partial charge < -0.3 is 14.5 Å². The van der Waals surface area contributed by atoms with Gasteiger partial charge in [0.15, 0.2) is 0 Å². The molecule has 2 aromatic heterocycles. The summed E-state index contributed by atoms with van der Waals surface area (Å²) in [5.41, 5.74) is 3.44. The highest BCUT2D eigenvalue weighted by atomic mass is 35.5. The first-order valence-corrected chi connectivity index (χ1v) is 10.7. The number of ether oxygens (including phenoxy) is 2. The number of aromatic nitrogens is 4. The van der Waals surface area contributed by atoms with E-state index in [0.29, 0.717) is 5.92 Å². The lowest BCUT2D eigenvalue weighted by Crippen LogP contribution is -2.10. The minimum atomic E-state index is -0.331. The molecule has 2 heterocycles. The fraction of sp³-hybridized carbons (Fsp3) is 0.333. The normalized spacial score (nSPS) is 11.0. The van der Waals surface area contributed by atoms with Gasteiger partial charge in [0.2, 0.25) is 5.28 Å². The van der Waals surface area contributed by atoms with E-state index in [2.05, 4.69) is 47.6 Å². The van der Waals surface area contributed by atoms with E-state index in [0.717, 1.165) is 44.4 Å². The Morgan fingerprint density at radius 2 is 1.41 bits per heavy atom. The molecule has 0 aliphatic carbocycles. The van der Waals surface area contributed by atoms with Gasteiger partial charge >= 0.3 is 5.69 Å². The maximum absolute atomic E-state index is 11.3. The van der Waals surface area contributed by atoms with Crippen molar-refractivity contribution in [1.82, 2.24) is 19.9 Å². The van der Waals surface area contributed by atoms with Crippen LogP contribution < -0.4 is 15.2 Å². The summed E-state index contributed by atoms with van der Waals surface area (Å²) < 4.78 is 10.7. The molecule has 0 spiro atoms. The van der Waals surface area contributed by atoms with Gasteiger partial charge in [-0.3, -0.25) is 0 Å². The summed E-state index contributed by atoms with van der Waals surface area (Å²) in [5.74, 6) is 2.24. The van der Waals surface area contributed by atoms with Crippen LogP contribution in [-0.4, -0.2) is 34.2 Å². The van der Waals surface area contributed by atoms with Gasteiger partial charge in [-0.1, -0.05) is 27.7 Å². The molecule has 0 bridgehead atoms. The molecule has 0 unspecified atom stereocenters. The van der Waals surface area contributed by atoms with Crippen molar-refractivity contribution in [2.45, 2.75) is 39.5 Å². The maximum atomic E-state index is 11.3. The molecule has 0 atom stereocenters. The third-order valence-electron chi connectivity index (χ3n) is 5.11. The van der Waals surface area contributed by atoms with Crippen LogP contribution in [0, 0.1) is 0 Å². The number of hydrogen-bond donors (Lipinski definition) is 1. The highest BCUT2D eigenvalue weighted by Gasteiger charge is 2.14. The monoisotopic (exact) mass is 454 g/mol. The lowest BCUT2D eigenvalue weighted by molar-refractivity contribution is 0.408. The summed E-state index contributed by atoms with van der Waals surface area (Å²) in [4.78, 5) is 26.0. The van der Waals surface area contributed by atoms with Crippen molar-refractivity contribution in [3.63, 3.8) is 0 Å². The summed E-state index contributed by atoms with van der Waals surface area (Å²) in [6.07, 6.45) is 3.31. The van der Waals surface area contributed by atoms with E-state index in [1.54, 1.807) is 26.6 Å². The fourth-order valence-electron chi connectivity index (χ4n) is 3.70. The van der Waals surface area contributed by atoms with Crippen LogP contribution in [0.5, 0.6) is 11.5 Å². The first-order valence-electron chi connectivity index (χ1n) is 10.3. The standard InChI is InChI=1S/C12H13ClN2O.C12H14N2O2/c1-7(2)10-9(16-3)5-4-8-6-14-12(13)15-11(8)10;1-7(2)10-9(16-3)5-4-8-6-13-12(15)14-11(8)10/h4-7H,1-3H3;4-7H,1-3H3,(H,13,14,15). The molecule has 0 amide bonds. The van der Waals surface area contributed by atoms with E-state index in [1.165, 1.54) is 0 Å². The van der Waals surface area contributed by atoms with Crippen molar-refractivity contribution in [3.8, 4) is 11.5 Å². The minimum Gasteiger partial charge on any atom is -0.496 e. The Labute approximate surface area is 191 Å². The highest BCUT2D eigenvalue weighted by Crippen LogP contribution is 2.33. The summed E-state index contributed by atoms with van der Waals surface area (Å²) in [6, 6.07) is 7.67. The number of benzene rings is 2. The minimum absolute atomic E-state index is 0.266. The van der Waals surface area contributed by atoms with E-state index in [1.807, 2.05) is 24.3 Å². The Bertz CT molecular complexity index is 1300. The molecule has 4 rings (SSSR count). The Hall–Kier alpha value is -3.19. The number of rotatable bonds is 4. The van der Waals surface area contributed by atoms with Gasteiger partial charge in [0, 0.05) is 34.3 Å². The molecule has 7 nitrogen and oxygen atoms in total. The van der Waals surface area contributed by atoms with E-state index in [9.17, 15) is 4.79 Å². The topological polar surface area (TPSA) is 90.0 Å². The van der Waals surface area contributed by atoms with Crippen LogP contribution in [0.1, 0.15) is 50.7 Å². The van der Waals surface area contributed by atoms with Crippen molar-refractivity contribution in [3.05, 3.63) is 63.6 Å². The molecule has 0 aliphatic heterocycles. The second kappa shape index (κ2) is 9.96. The average Bonchev–Trinajstić information content (AvgIpc) is 2.77. The fourth-order valence-corrected chi connectivity index (χ4v) is 3.83. The number of halogens is 1. The molecule has 8 heteroatoms. The van der Waals surface area contributed by atoms with Gasteiger partial charge in [-0.2, -0.15) is 0 Å². The van der Waals surface area contributed by atoms with Gasteiger partial charge in [0.05, 0.1) is 25.3 Å². The first kappa shape index (κ1) is 23.5. The van der Waals surface area contributed by atoms with Crippen molar-refractivity contribution in [2.75, 3.05) is 14.2 Å². The van der Waals surface area contributed by atoms with Crippen LogP contribution in [-0.2, 0) is 0 Å². The Balaban J connectivity index is 0.000000181. The Morgan fingerprint density at radius 3 is 2.00 bits per heavy atom. The lowest BCUT2D eigenvalue weighted by Gasteiger charge is -2.14. The SMILES string of the molecule is COc1ccc2cnc(=O)[nH]c2c1C(C)C.COc1ccc2cnc(Cl)nc2c1C(C)C. The Kier molecular flexibility index (Phi) is 7.30. The molecule has 0 saturated heterocycles. The average molecular weight is 455 g/mol. The van der Waals surface area contributed by atoms with E-state index in [4.69, 9.17) is 21.1 Å². The molecular formula is C24H27ClN4O3. The molecule has 1 N–H and O–H groups in total. The summed E-state index contributed by atoms with van der Waals surface area (Å²) in [6.45, 7) is 8.34. The summed E-state index contributed by atoms with van der Waals surface area (Å²) in [5, 5.41) is 2.17. The molecule has 0 aliphatic rings. The largest absolute Gasteiger partial charge is 0.496 e. The van der Waals surface area contributed by atoms with Crippen LogP contribution in [0.4, 0.5) is 0 Å². The number of aromatic amines is 1. The molecule has 0 saturated carbocycles. The second-order valence-corrected chi connectivity index (χ2v) is 8.24. The van der Waals surface area contributed by atoms with Crippen molar-refractivity contribution >= 4 is 33.4 Å². The Morgan fingerprint density at radius 1 is 0.844 bits per heavy atom. The van der Waals surface area contributed by atoms with Crippen LogP contribution >= 0.6 is 11.6 Å². The van der Waals surface area contributed by atoms with Crippen LogP contribution in [0.25, 0.3) is 21.8 Å². The molecule has 168 valence electrons. The van der Waals surface area contributed by atoms with Crippen LogP contribution in [0.15, 0.2) is 41.5 Å². The van der Waals surface area contributed by atoms with Gasteiger partial charge in [-0.15, -0.1) is 0 Å². The molecule has 4 aromatic rings. The van der Waals surface area contributed by atoms with Gasteiger partial charge in [0.25, 0.3) is 0 Å². The van der Waals surface area contributed by atoms with Crippen molar-refractivity contribution in [2.24, 2.45) is 0 Å². The number of H-pyrrole nitrogens is 1. The molecule has 0 fully saturated rings. The molecule has 0 radical (unpaired) electrons. The zero-order chi connectivity index (χ0) is 23.4. The van der Waals surface area contributed by atoms with Crippen LogP contribution in [0.2, 0.25) is 5.28 Å². The summed E-state index contributed by atoms with van der Waals surface area (Å²) in [7, 11) is 3.29. The number of nitrogens with zero attached hydrogens (tertiary/aromatic N) is 3. The maximum Gasteiger partial charge on any atom is 0.345 e. The van der Waals surface area contributed by atoms with Gasteiger partial charge in [-0.25, -0.2) is 19.7 Å². The highest BCUT2D eigenvalue weighted by molar-refractivity contribution is 6.28. The third-order valence-corrected chi connectivity index (χ3v) is 5.29. The van der Waals surface area contributed by atoms with E-state index < -0.39 is 0 Å². The molecular weight excluding hydrogens is 428 g/mol.